The summed E-state index contributed by atoms with van der Waals surface area (Å²) in [5.74, 6) is -1.82. The Morgan fingerprint density at radius 3 is 2.86 bits per heavy atom. The monoisotopic (exact) mass is 302 g/mol. The van der Waals surface area contributed by atoms with Gasteiger partial charge in [-0.1, -0.05) is 16.8 Å². The average Bonchev–Trinajstić information content (AvgIpc) is 2.85. The Balaban J connectivity index is 1.81. The zero-order valence-corrected chi connectivity index (χ0v) is 11.7. The van der Waals surface area contributed by atoms with Gasteiger partial charge < -0.3 is 9.84 Å². The van der Waals surface area contributed by atoms with Crippen molar-refractivity contribution in [3.8, 4) is 0 Å². The summed E-state index contributed by atoms with van der Waals surface area (Å²) in [5.41, 5.74) is 1.83. The standard InChI is InChI=1S/C16H12F2N2O2/c1-9-2-5-15-11(6-9)13(20-22-15)8-16(21)19-14-7-10(17)3-4-12(14)18/h2-7H,8H2,1H3,(H,19,21). The summed E-state index contributed by atoms with van der Waals surface area (Å²) < 4.78 is 31.7. The number of rotatable bonds is 3. The summed E-state index contributed by atoms with van der Waals surface area (Å²) in [6, 6.07) is 8.37. The Morgan fingerprint density at radius 2 is 2.05 bits per heavy atom. The Labute approximate surface area is 124 Å². The summed E-state index contributed by atoms with van der Waals surface area (Å²) in [6.45, 7) is 1.92. The second-order valence-corrected chi connectivity index (χ2v) is 4.98. The van der Waals surface area contributed by atoms with Crippen molar-refractivity contribution in [1.82, 2.24) is 5.16 Å². The Kier molecular flexibility index (Phi) is 3.58. The topological polar surface area (TPSA) is 55.1 Å². The van der Waals surface area contributed by atoms with Crippen LogP contribution in [-0.2, 0) is 11.2 Å². The van der Waals surface area contributed by atoms with Gasteiger partial charge in [0.2, 0.25) is 5.91 Å². The van der Waals surface area contributed by atoms with Crippen LogP contribution in [-0.4, -0.2) is 11.1 Å². The smallest absolute Gasteiger partial charge is 0.230 e. The van der Waals surface area contributed by atoms with Crippen LogP contribution in [0.1, 0.15) is 11.3 Å². The summed E-state index contributed by atoms with van der Waals surface area (Å²) in [4.78, 5) is 12.0. The lowest BCUT2D eigenvalue weighted by Gasteiger charge is -2.05. The van der Waals surface area contributed by atoms with Gasteiger partial charge in [-0.3, -0.25) is 4.79 Å². The third-order valence-electron chi connectivity index (χ3n) is 3.23. The first-order valence-electron chi connectivity index (χ1n) is 6.63. The van der Waals surface area contributed by atoms with E-state index in [1.807, 2.05) is 19.1 Å². The van der Waals surface area contributed by atoms with Crippen LogP contribution < -0.4 is 5.32 Å². The Bertz CT molecular complexity index is 858. The molecule has 0 aliphatic rings. The fourth-order valence-corrected chi connectivity index (χ4v) is 2.17. The zero-order valence-electron chi connectivity index (χ0n) is 11.7. The SMILES string of the molecule is Cc1ccc2onc(CC(=O)Nc3cc(F)ccc3F)c2c1. The van der Waals surface area contributed by atoms with Crippen molar-refractivity contribution in [2.75, 3.05) is 5.32 Å². The summed E-state index contributed by atoms with van der Waals surface area (Å²) in [6.07, 6.45) is -0.0909. The maximum atomic E-state index is 13.5. The first-order chi connectivity index (χ1) is 10.5. The second kappa shape index (κ2) is 5.55. The second-order valence-electron chi connectivity index (χ2n) is 4.98. The molecule has 0 fully saturated rings. The van der Waals surface area contributed by atoms with Crippen LogP contribution >= 0.6 is 0 Å². The van der Waals surface area contributed by atoms with E-state index in [2.05, 4.69) is 10.5 Å². The van der Waals surface area contributed by atoms with Gasteiger partial charge in [0.25, 0.3) is 0 Å². The number of fused-ring (bicyclic) bond motifs is 1. The number of benzene rings is 2. The van der Waals surface area contributed by atoms with Gasteiger partial charge in [-0.15, -0.1) is 0 Å². The summed E-state index contributed by atoms with van der Waals surface area (Å²) in [5, 5.41) is 6.92. The fraction of sp³-hybridized carbons (Fsp3) is 0.125. The van der Waals surface area contributed by atoms with Crippen LogP contribution in [0.4, 0.5) is 14.5 Å². The van der Waals surface area contributed by atoms with E-state index in [0.717, 1.165) is 29.1 Å². The van der Waals surface area contributed by atoms with E-state index in [0.29, 0.717) is 11.3 Å². The van der Waals surface area contributed by atoms with Crippen LogP contribution in [0.15, 0.2) is 40.9 Å². The molecule has 3 aromatic rings. The molecule has 0 saturated heterocycles. The molecule has 2 aromatic carbocycles. The first kappa shape index (κ1) is 14.2. The molecule has 0 saturated carbocycles. The summed E-state index contributed by atoms with van der Waals surface area (Å²) in [7, 11) is 0. The Hall–Kier alpha value is -2.76. The lowest BCUT2D eigenvalue weighted by atomic mass is 10.1. The minimum atomic E-state index is -0.699. The van der Waals surface area contributed by atoms with Crippen LogP contribution in [0.3, 0.4) is 0 Å². The van der Waals surface area contributed by atoms with Crippen molar-refractivity contribution in [3.05, 3.63) is 59.3 Å². The highest BCUT2D eigenvalue weighted by atomic mass is 19.1. The van der Waals surface area contributed by atoms with E-state index in [1.165, 1.54) is 0 Å². The average molecular weight is 302 g/mol. The highest BCUT2D eigenvalue weighted by Crippen LogP contribution is 2.21. The van der Waals surface area contributed by atoms with Crippen molar-refractivity contribution in [1.29, 1.82) is 0 Å². The molecule has 1 amide bonds. The number of amides is 1. The van der Waals surface area contributed by atoms with Crippen molar-refractivity contribution in [2.24, 2.45) is 0 Å². The quantitative estimate of drug-likeness (QED) is 0.804. The lowest BCUT2D eigenvalue weighted by Crippen LogP contribution is -2.15. The number of halogens is 2. The van der Waals surface area contributed by atoms with Gasteiger partial charge in [0.15, 0.2) is 5.58 Å². The molecule has 112 valence electrons. The number of hydrogen-bond acceptors (Lipinski definition) is 3. The summed E-state index contributed by atoms with van der Waals surface area (Å²) >= 11 is 0. The molecule has 0 spiro atoms. The van der Waals surface area contributed by atoms with E-state index in [1.54, 1.807) is 6.07 Å². The maximum Gasteiger partial charge on any atom is 0.230 e. The van der Waals surface area contributed by atoms with Crippen molar-refractivity contribution >= 4 is 22.6 Å². The van der Waals surface area contributed by atoms with Gasteiger partial charge >= 0.3 is 0 Å². The minimum absolute atomic E-state index is 0.0909. The number of anilines is 1. The number of nitrogens with one attached hydrogen (secondary N) is 1. The molecule has 3 rings (SSSR count). The molecule has 1 N–H and O–H groups in total. The third-order valence-corrected chi connectivity index (χ3v) is 3.23. The third kappa shape index (κ3) is 2.81. The predicted molar refractivity (Wildman–Crippen MR) is 77.4 cm³/mol. The molecule has 6 heteroatoms. The number of hydrogen-bond donors (Lipinski definition) is 1. The number of aromatic nitrogens is 1. The Morgan fingerprint density at radius 1 is 1.23 bits per heavy atom. The number of aryl methyl sites for hydroxylation is 1. The van der Waals surface area contributed by atoms with Crippen LogP contribution in [0.5, 0.6) is 0 Å². The highest BCUT2D eigenvalue weighted by Gasteiger charge is 2.14. The molecule has 0 radical (unpaired) electrons. The molecular formula is C16H12F2N2O2. The van der Waals surface area contributed by atoms with E-state index in [-0.39, 0.29) is 12.1 Å². The molecule has 0 bridgehead atoms. The van der Waals surface area contributed by atoms with Gasteiger partial charge in [-0.05, 0) is 31.2 Å². The highest BCUT2D eigenvalue weighted by molar-refractivity contribution is 5.94. The zero-order chi connectivity index (χ0) is 15.7. The first-order valence-corrected chi connectivity index (χ1v) is 6.63. The largest absolute Gasteiger partial charge is 0.356 e. The maximum absolute atomic E-state index is 13.5. The van der Waals surface area contributed by atoms with Gasteiger partial charge in [-0.25, -0.2) is 8.78 Å². The fourth-order valence-electron chi connectivity index (χ4n) is 2.17. The van der Waals surface area contributed by atoms with Crippen molar-refractivity contribution in [3.63, 3.8) is 0 Å². The van der Waals surface area contributed by atoms with Gasteiger partial charge in [-0.2, -0.15) is 0 Å². The minimum Gasteiger partial charge on any atom is -0.356 e. The van der Waals surface area contributed by atoms with E-state index in [4.69, 9.17) is 4.52 Å². The van der Waals surface area contributed by atoms with E-state index < -0.39 is 17.5 Å². The predicted octanol–water partition coefficient (Wildman–Crippen LogP) is 3.60. The van der Waals surface area contributed by atoms with Crippen molar-refractivity contribution in [2.45, 2.75) is 13.3 Å². The molecule has 1 aromatic heterocycles. The number of carbonyl (C=O) groups excluding carboxylic acids is 1. The lowest BCUT2D eigenvalue weighted by molar-refractivity contribution is -0.115. The van der Waals surface area contributed by atoms with Gasteiger partial charge in [0.05, 0.1) is 12.1 Å². The van der Waals surface area contributed by atoms with Crippen LogP contribution in [0.25, 0.3) is 11.0 Å². The number of carbonyl (C=O) groups is 1. The number of nitrogens with zero attached hydrogens (tertiary/aromatic N) is 1. The van der Waals surface area contributed by atoms with E-state index >= 15 is 0 Å². The van der Waals surface area contributed by atoms with Gasteiger partial charge in [0, 0.05) is 11.5 Å². The van der Waals surface area contributed by atoms with E-state index in [9.17, 15) is 13.6 Å². The van der Waals surface area contributed by atoms with Gasteiger partial charge in [0.1, 0.15) is 17.3 Å². The molecule has 0 unspecified atom stereocenters. The molecule has 0 atom stereocenters. The molecule has 22 heavy (non-hydrogen) atoms. The molecule has 0 aliphatic heterocycles. The van der Waals surface area contributed by atoms with Crippen molar-refractivity contribution < 1.29 is 18.1 Å². The molecule has 1 heterocycles. The molecular weight excluding hydrogens is 290 g/mol. The van der Waals surface area contributed by atoms with Crippen LogP contribution in [0.2, 0.25) is 0 Å². The normalized spacial score (nSPS) is 10.9. The van der Waals surface area contributed by atoms with Crippen LogP contribution in [0, 0.1) is 18.6 Å². The molecule has 4 nitrogen and oxygen atoms in total. The molecule has 0 aliphatic carbocycles.